The van der Waals surface area contributed by atoms with Crippen molar-refractivity contribution in [2.24, 2.45) is 5.92 Å². The molecule has 1 amide bonds. The number of aryl methyl sites for hydroxylation is 1. The van der Waals surface area contributed by atoms with Crippen LogP contribution in [0.25, 0.3) is 5.70 Å². The molecule has 0 aromatic heterocycles. The summed E-state index contributed by atoms with van der Waals surface area (Å²) in [5.74, 6) is 1.19. The van der Waals surface area contributed by atoms with E-state index in [2.05, 4.69) is 19.1 Å². The Morgan fingerprint density at radius 1 is 1.35 bits per heavy atom. The lowest BCUT2D eigenvalue weighted by atomic mass is 9.95. The van der Waals surface area contributed by atoms with Crippen LogP contribution in [-0.4, -0.2) is 24.0 Å². The summed E-state index contributed by atoms with van der Waals surface area (Å²) >= 11 is 0. The molecule has 0 saturated carbocycles. The third kappa shape index (κ3) is 2.72. The molecule has 108 valence electrons. The minimum atomic E-state index is 0.0849. The van der Waals surface area contributed by atoms with Crippen LogP contribution in [0.15, 0.2) is 24.3 Å². The molecule has 3 nitrogen and oxygen atoms in total. The Morgan fingerprint density at radius 3 is 2.70 bits per heavy atom. The molecule has 1 atom stereocenters. The number of allylic oxidation sites excluding steroid dienone is 1. The molecule has 1 aromatic rings. The molecular weight excluding hydrogens is 250 g/mol. The monoisotopic (exact) mass is 273 g/mol. The van der Waals surface area contributed by atoms with Gasteiger partial charge in [0.1, 0.15) is 5.75 Å². The number of ether oxygens (including phenoxy) is 1. The van der Waals surface area contributed by atoms with Crippen LogP contribution >= 0.6 is 0 Å². The van der Waals surface area contributed by atoms with E-state index in [1.807, 2.05) is 37.8 Å². The summed E-state index contributed by atoms with van der Waals surface area (Å²) < 4.78 is 5.52. The molecule has 0 spiro atoms. The zero-order valence-electron chi connectivity index (χ0n) is 12.8. The highest BCUT2D eigenvalue weighted by Crippen LogP contribution is 2.31. The average molecular weight is 273 g/mol. The van der Waals surface area contributed by atoms with Crippen molar-refractivity contribution in [2.75, 3.05) is 13.2 Å². The highest BCUT2D eigenvalue weighted by Gasteiger charge is 2.27. The maximum absolute atomic E-state index is 12.3. The number of benzene rings is 1. The largest absolute Gasteiger partial charge is 0.494 e. The molecule has 2 rings (SSSR count). The fourth-order valence-electron chi connectivity index (χ4n) is 2.65. The highest BCUT2D eigenvalue weighted by molar-refractivity contribution is 5.91. The number of amides is 1. The summed E-state index contributed by atoms with van der Waals surface area (Å²) in [6.07, 6.45) is 3.00. The fraction of sp³-hybridized carbons (Fsp3) is 0.471. The Kier molecular flexibility index (Phi) is 4.48. The van der Waals surface area contributed by atoms with E-state index >= 15 is 0 Å². The van der Waals surface area contributed by atoms with E-state index in [0.29, 0.717) is 13.2 Å². The first-order valence-electron chi connectivity index (χ1n) is 7.33. The maximum atomic E-state index is 12.3. The Morgan fingerprint density at radius 2 is 2.10 bits per heavy atom. The molecular formula is C17H23NO2. The third-order valence-corrected chi connectivity index (χ3v) is 3.74. The van der Waals surface area contributed by atoms with E-state index in [4.69, 9.17) is 4.74 Å². The highest BCUT2D eigenvalue weighted by atomic mass is 16.5. The minimum Gasteiger partial charge on any atom is -0.494 e. The van der Waals surface area contributed by atoms with Gasteiger partial charge in [-0.25, -0.2) is 0 Å². The molecule has 1 unspecified atom stereocenters. The van der Waals surface area contributed by atoms with Crippen LogP contribution in [0.2, 0.25) is 0 Å². The molecule has 3 heteroatoms. The normalized spacial score (nSPS) is 19.0. The van der Waals surface area contributed by atoms with Gasteiger partial charge in [0.15, 0.2) is 0 Å². The molecule has 0 N–H and O–H groups in total. The van der Waals surface area contributed by atoms with Gasteiger partial charge >= 0.3 is 0 Å². The molecule has 1 aromatic carbocycles. The number of carbonyl (C=O) groups is 1. The lowest BCUT2D eigenvalue weighted by Crippen LogP contribution is -2.36. The van der Waals surface area contributed by atoms with Gasteiger partial charge in [-0.05, 0) is 51.0 Å². The Balaban J connectivity index is 2.37. The quantitative estimate of drug-likeness (QED) is 0.838. The van der Waals surface area contributed by atoms with Crippen LogP contribution in [0.3, 0.4) is 0 Å². The predicted molar refractivity (Wildman–Crippen MR) is 81.5 cm³/mol. The molecule has 1 heterocycles. The summed E-state index contributed by atoms with van der Waals surface area (Å²) in [4.78, 5) is 14.2. The molecule has 1 aliphatic heterocycles. The van der Waals surface area contributed by atoms with Gasteiger partial charge in [-0.15, -0.1) is 0 Å². The van der Waals surface area contributed by atoms with Gasteiger partial charge in [0.25, 0.3) is 0 Å². The van der Waals surface area contributed by atoms with E-state index in [0.717, 1.165) is 29.0 Å². The summed E-state index contributed by atoms with van der Waals surface area (Å²) in [5.41, 5.74) is 3.30. The first-order valence-corrected chi connectivity index (χ1v) is 7.33. The average Bonchev–Trinajstić information content (AvgIpc) is 2.43. The van der Waals surface area contributed by atoms with Crippen LogP contribution in [0.4, 0.5) is 0 Å². The van der Waals surface area contributed by atoms with Crippen molar-refractivity contribution in [1.29, 1.82) is 0 Å². The predicted octanol–water partition coefficient (Wildman–Crippen LogP) is 3.62. The van der Waals surface area contributed by atoms with Crippen LogP contribution in [0, 0.1) is 12.8 Å². The smallest absolute Gasteiger partial charge is 0.230 e. The molecule has 0 fully saturated rings. The summed E-state index contributed by atoms with van der Waals surface area (Å²) in [5, 5.41) is 0. The van der Waals surface area contributed by atoms with Crippen molar-refractivity contribution in [3.63, 3.8) is 0 Å². The van der Waals surface area contributed by atoms with Crippen molar-refractivity contribution < 1.29 is 9.53 Å². The topological polar surface area (TPSA) is 29.5 Å². The van der Waals surface area contributed by atoms with Crippen LogP contribution < -0.4 is 4.74 Å². The van der Waals surface area contributed by atoms with Gasteiger partial charge in [0, 0.05) is 23.7 Å². The van der Waals surface area contributed by atoms with Gasteiger partial charge in [-0.2, -0.15) is 0 Å². The third-order valence-electron chi connectivity index (χ3n) is 3.74. The molecule has 20 heavy (non-hydrogen) atoms. The standard InChI is InChI=1S/C17H23NO2/c1-5-18-16(10-7-12(3)17(18)19)15-9-8-14(20-6-2)11-13(15)4/h8-12H,5-7H2,1-4H3. The Bertz CT molecular complexity index is 534. The lowest BCUT2D eigenvalue weighted by Gasteiger charge is -2.32. The summed E-state index contributed by atoms with van der Waals surface area (Å²) in [7, 11) is 0. The van der Waals surface area contributed by atoms with E-state index < -0.39 is 0 Å². The van der Waals surface area contributed by atoms with Crippen molar-refractivity contribution >= 4 is 11.6 Å². The van der Waals surface area contributed by atoms with Crippen LogP contribution in [-0.2, 0) is 4.79 Å². The number of carbonyl (C=O) groups excluding carboxylic acids is 1. The van der Waals surface area contributed by atoms with Gasteiger partial charge in [-0.3, -0.25) is 4.79 Å². The first-order chi connectivity index (χ1) is 9.58. The zero-order valence-corrected chi connectivity index (χ0v) is 12.8. The Labute approximate surface area is 121 Å². The van der Waals surface area contributed by atoms with E-state index in [-0.39, 0.29) is 11.8 Å². The lowest BCUT2D eigenvalue weighted by molar-refractivity contribution is -0.131. The second kappa shape index (κ2) is 6.12. The number of nitrogens with zero attached hydrogens (tertiary/aromatic N) is 1. The number of hydrogen-bond donors (Lipinski definition) is 0. The van der Waals surface area contributed by atoms with E-state index in [9.17, 15) is 4.79 Å². The summed E-state index contributed by atoms with van der Waals surface area (Å²) in [6.45, 7) is 9.43. The maximum Gasteiger partial charge on any atom is 0.230 e. The zero-order chi connectivity index (χ0) is 14.7. The molecule has 0 radical (unpaired) electrons. The van der Waals surface area contributed by atoms with Crippen molar-refractivity contribution in [2.45, 2.75) is 34.1 Å². The second-order valence-electron chi connectivity index (χ2n) is 5.22. The molecule has 0 bridgehead atoms. The fourth-order valence-corrected chi connectivity index (χ4v) is 2.65. The molecule has 0 saturated heterocycles. The van der Waals surface area contributed by atoms with Crippen LogP contribution in [0.1, 0.15) is 38.3 Å². The van der Waals surface area contributed by atoms with Gasteiger partial charge in [-0.1, -0.05) is 13.0 Å². The minimum absolute atomic E-state index is 0.0849. The van der Waals surface area contributed by atoms with Gasteiger partial charge in [0.05, 0.1) is 6.61 Å². The first kappa shape index (κ1) is 14.6. The van der Waals surface area contributed by atoms with Gasteiger partial charge in [0.2, 0.25) is 5.91 Å². The van der Waals surface area contributed by atoms with E-state index in [1.54, 1.807) is 0 Å². The van der Waals surface area contributed by atoms with Crippen molar-refractivity contribution in [3.05, 3.63) is 35.4 Å². The Hall–Kier alpha value is -1.77. The SMILES string of the molecule is CCOc1ccc(C2=CCC(C)C(=O)N2CC)c(C)c1. The van der Waals surface area contributed by atoms with Crippen molar-refractivity contribution in [3.8, 4) is 5.75 Å². The second-order valence-corrected chi connectivity index (χ2v) is 5.22. The van der Waals surface area contributed by atoms with E-state index in [1.165, 1.54) is 0 Å². The van der Waals surface area contributed by atoms with Crippen molar-refractivity contribution in [1.82, 2.24) is 4.90 Å². The number of rotatable bonds is 4. The van der Waals surface area contributed by atoms with Gasteiger partial charge < -0.3 is 9.64 Å². The number of hydrogen-bond acceptors (Lipinski definition) is 2. The van der Waals surface area contributed by atoms with Crippen LogP contribution in [0.5, 0.6) is 5.75 Å². The molecule has 0 aliphatic carbocycles. The molecule has 1 aliphatic rings. The summed E-state index contributed by atoms with van der Waals surface area (Å²) in [6, 6.07) is 6.07.